The lowest BCUT2D eigenvalue weighted by molar-refractivity contribution is 0.197. The summed E-state index contributed by atoms with van der Waals surface area (Å²) in [6, 6.07) is 0. The molecule has 2 heterocycles. The van der Waals surface area contributed by atoms with Gasteiger partial charge in [0, 0.05) is 11.3 Å². The van der Waals surface area contributed by atoms with Gasteiger partial charge >= 0.3 is 0 Å². The van der Waals surface area contributed by atoms with Crippen LogP contribution in [0.1, 0.15) is 35.8 Å². The third-order valence-corrected chi connectivity index (χ3v) is 2.70. The van der Waals surface area contributed by atoms with Crippen molar-refractivity contribution in [1.29, 1.82) is 0 Å². The number of hydrogen-bond acceptors (Lipinski definition) is 5. The van der Waals surface area contributed by atoms with Crippen LogP contribution in [0, 0.1) is 13.8 Å². The third kappa shape index (κ3) is 2.19. The zero-order valence-corrected chi connectivity index (χ0v) is 10.4. The zero-order chi connectivity index (χ0) is 12.6. The summed E-state index contributed by atoms with van der Waals surface area (Å²) < 4.78 is 1.79. The summed E-state index contributed by atoms with van der Waals surface area (Å²) in [5.74, 6) is 0.607. The van der Waals surface area contributed by atoms with E-state index in [2.05, 4.69) is 20.5 Å². The number of rotatable bonds is 3. The Bertz CT molecular complexity index is 527. The number of aryl methyl sites for hydroxylation is 2. The van der Waals surface area contributed by atoms with Crippen LogP contribution in [0.3, 0.4) is 0 Å². The Morgan fingerprint density at radius 3 is 2.47 bits per heavy atom. The largest absolute Gasteiger partial charge is 0.389 e. The van der Waals surface area contributed by atoms with Crippen LogP contribution in [0.15, 0.2) is 0 Å². The monoisotopic (exact) mass is 236 g/mol. The van der Waals surface area contributed by atoms with Crippen molar-refractivity contribution in [3.05, 3.63) is 22.8 Å². The SMILES string of the molecule is Cc1nn(Cc2nnn(C)n2)c(C)c1C(C)O. The molecule has 7 nitrogen and oxygen atoms in total. The van der Waals surface area contributed by atoms with Crippen molar-refractivity contribution in [2.24, 2.45) is 7.05 Å². The van der Waals surface area contributed by atoms with E-state index in [9.17, 15) is 5.11 Å². The molecule has 2 aromatic rings. The highest BCUT2D eigenvalue weighted by molar-refractivity contribution is 5.26. The van der Waals surface area contributed by atoms with Gasteiger partial charge in [0.2, 0.25) is 0 Å². The molecule has 0 saturated heterocycles. The van der Waals surface area contributed by atoms with E-state index < -0.39 is 6.10 Å². The van der Waals surface area contributed by atoms with Crippen LogP contribution < -0.4 is 0 Å². The van der Waals surface area contributed by atoms with Crippen LogP contribution in [0.5, 0.6) is 0 Å². The van der Waals surface area contributed by atoms with Crippen molar-refractivity contribution in [3.63, 3.8) is 0 Å². The molecule has 0 spiro atoms. The van der Waals surface area contributed by atoms with E-state index in [4.69, 9.17) is 0 Å². The molecule has 0 fully saturated rings. The second-order valence-electron chi connectivity index (χ2n) is 4.11. The van der Waals surface area contributed by atoms with Crippen LogP contribution >= 0.6 is 0 Å². The average molecular weight is 236 g/mol. The molecule has 1 N–H and O–H groups in total. The Hall–Kier alpha value is -1.76. The number of nitrogens with zero attached hydrogens (tertiary/aromatic N) is 6. The Balaban J connectivity index is 2.31. The summed E-state index contributed by atoms with van der Waals surface area (Å²) in [6.45, 7) is 6.02. The first-order valence-electron chi connectivity index (χ1n) is 5.44. The van der Waals surface area contributed by atoms with Gasteiger partial charge in [-0.15, -0.1) is 10.2 Å². The van der Waals surface area contributed by atoms with Crippen LogP contribution in [0.25, 0.3) is 0 Å². The van der Waals surface area contributed by atoms with Gasteiger partial charge in [-0.05, 0) is 26.0 Å². The maximum absolute atomic E-state index is 9.67. The Kier molecular flexibility index (Phi) is 2.93. The predicted octanol–water partition coefficient (Wildman–Crippen LogP) is 0.125. The zero-order valence-electron chi connectivity index (χ0n) is 10.4. The van der Waals surface area contributed by atoms with Gasteiger partial charge in [-0.1, -0.05) is 0 Å². The molecule has 0 aliphatic rings. The van der Waals surface area contributed by atoms with Crippen molar-refractivity contribution in [2.45, 2.75) is 33.4 Å². The van der Waals surface area contributed by atoms with Gasteiger partial charge in [-0.3, -0.25) is 4.68 Å². The Morgan fingerprint density at radius 2 is 2.00 bits per heavy atom. The number of aliphatic hydroxyl groups excluding tert-OH is 1. The lowest BCUT2D eigenvalue weighted by atomic mass is 10.1. The fourth-order valence-corrected chi connectivity index (χ4v) is 1.99. The smallest absolute Gasteiger partial charge is 0.196 e. The number of tetrazole rings is 1. The molecule has 0 bridgehead atoms. The van der Waals surface area contributed by atoms with Gasteiger partial charge in [0.05, 0.1) is 18.8 Å². The Morgan fingerprint density at radius 1 is 1.29 bits per heavy atom. The fraction of sp³-hybridized carbons (Fsp3) is 0.600. The summed E-state index contributed by atoms with van der Waals surface area (Å²) in [6.07, 6.45) is -0.515. The fourth-order valence-electron chi connectivity index (χ4n) is 1.99. The summed E-state index contributed by atoms with van der Waals surface area (Å²) in [5, 5.41) is 25.8. The number of aromatic nitrogens is 6. The van der Waals surface area contributed by atoms with Crippen molar-refractivity contribution in [3.8, 4) is 0 Å². The molecule has 1 atom stereocenters. The normalized spacial score (nSPS) is 13.0. The summed E-state index contributed by atoms with van der Waals surface area (Å²) in [5.41, 5.74) is 2.64. The van der Waals surface area contributed by atoms with E-state index in [1.54, 1.807) is 18.7 Å². The quantitative estimate of drug-likeness (QED) is 0.818. The lowest BCUT2D eigenvalue weighted by Gasteiger charge is -2.05. The van der Waals surface area contributed by atoms with Crippen molar-refractivity contribution in [2.75, 3.05) is 0 Å². The minimum absolute atomic E-state index is 0.466. The van der Waals surface area contributed by atoms with Crippen molar-refractivity contribution in [1.82, 2.24) is 30.0 Å². The van der Waals surface area contributed by atoms with Gasteiger partial charge in [-0.2, -0.15) is 9.90 Å². The topological polar surface area (TPSA) is 81.7 Å². The molecular weight excluding hydrogens is 220 g/mol. The Labute approximate surface area is 99.1 Å². The van der Waals surface area contributed by atoms with Crippen molar-refractivity contribution >= 4 is 0 Å². The second kappa shape index (κ2) is 4.25. The van der Waals surface area contributed by atoms with Crippen LogP contribution in [0.2, 0.25) is 0 Å². The molecule has 7 heteroatoms. The van der Waals surface area contributed by atoms with E-state index in [1.165, 1.54) is 4.80 Å². The molecule has 0 aliphatic heterocycles. The molecule has 0 saturated carbocycles. The predicted molar refractivity (Wildman–Crippen MR) is 60.2 cm³/mol. The van der Waals surface area contributed by atoms with E-state index >= 15 is 0 Å². The van der Waals surface area contributed by atoms with E-state index in [0.717, 1.165) is 17.0 Å². The first kappa shape index (κ1) is 11.7. The summed E-state index contributed by atoms with van der Waals surface area (Å²) >= 11 is 0. The molecule has 0 radical (unpaired) electrons. The molecule has 0 aliphatic carbocycles. The van der Waals surface area contributed by atoms with E-state index in [0.29, 0.717) is 12.4 Å². The van der Waals surface area contributed by atoms with E-state index in [1.807, 2.05) is 13.8 Å². The first-order chi connectivity index (χ1) is 7.99. The minimum atomic E-state index is -0.515. The lowest BCUT2D eigenvalue weighted by Crippen LogP contribution is -2.07. The first-order valence-corrected chi connectivity index (χ1v) is 5.44. The van der Waals surface area contributed by atoms with E-state index in [-0.39, 0.29) is 0 Å². The van der Waals surface area contributed by atoms with Gasteiger partial charge in [0.25, 0.3) is 0 Å². The highest BCUT2D eigenvalue weighted by Crippen LogP contribution is 2.21. The van der Waals surface area contributed by atoms with Gasteiger partial charge in [-0.25, -0.2) is 0 Å². The second-order valence-corrected chi connectivity index (χ2v) is 4.11. The molecule has 92 valence electrons. The maximum Gasteiger partial charge on any atom is 0.196 e. The average Bonchev–Trinajstić information content (AvgIpc) is 2.73. The highest BCUT2D eigenvalue weighted by atomic mass is 16.3. The van der Waals surface area contributed by atoms with Gasteiger partial charge in [0.15, 0.2) is 5.82 Å². The van der Waals surface area contributed by atoms with Crippen LogP contribution in [-0.4, -0.2) is 35.1 Å². The molecule has 1 unspecified atom stereocenters. The third-order valence-electron chi connectivity index (χ3n) is 2.70. The molecular formula is C10H16N6O. The minimum Gasteiger partial charge on any atom is -0.389 e. The molecule has 17 heavy (non-hydrogen) atoms. The molecule has 2 aromatic heterocycles. The standard InChI is InChI=1S/C10H16N6O/c1-6-10(8(3)17)7(2)16(12-6)5-9-11-14-15(4)13-9/h8,17H,5H2,1-4H3. The summed E-state index contributed by atoms with van der Waals surface area (Å²) in [4.78, 5) is 1.41. The van der Waals surface area contributed by atoms with Gasteiger partial charge < -0.3 is 5.11 Å². The van der Waals surface area contributed by atoms with Crippen LogP contribution in [-0.2, 0) is 13.6 Å². The molecule has 2 rings (SSSR count). The van der Waals surface area contributed by atoms with Crippen LogP contribution in [0.4, 0.5) is 0 Å². The number of hydrogen-bond donors (Lipinski definition) is 1. The maximum atomic E-state index is 9.67. The molecule has 0 amide bonds. The van der Waals surface area contributed by atoms with Crippen molar-refractivity contribution < 1.29 is 5.11 Å². The highest BCUT2D eigenvalue weighted by Gasteiger charge is 2.16. The molecule has 0 aromatic carbocycles. The summed E-state index contributed by atoms with van der Waals surface area (Å²) in [7, 11) is 1.72. The van der Waals surface area contributed by atoms with Gasteiger partial charge in [0.1, 0.15) is 6.54 Å². The number of aliphatic hydroxyl groups is 1.